The molecule has 0 N–H and O–H groups in total. The highest BCUT2D eigenvalue weighted by atomic mass is 16.2. The van der Waals surface area contributed by atoms with Crippen LogP contribution < -0.4 is 5.56 Å². The summed E-state index contributed by atoms with van der Waals surface area (Å²) in [6, 6.07) is 7.26. The van der Waals surface area contributed by atoms with Crippen LogP contribution in [-0.2, 0) is 11.3 Å². The van der Waals surface area contributed by atoms with Crippen molar-refractivity contribution in [2.75, 3.05) is 13.1 Å². The number of hydrogen-bond acceptors (Lipinski definition) is 5. The number of carbonyl (C=O) groups is 1. The molecule has 0 radical (unpaired) electrons. The van der Waals surface area contributed by atoms with Crippen LogP contribution in [0.3, 0.4) is 0 Å². The Bertz CT molecular complexity index is 949. The molecule has 128 valence electrons. The Balaban J connectivity index is 1.56. The quantitative estimate of drug-likeness (QED) is 0.707. The second-order valence-corrected chi connectivity index (χ2v) is 6.20. The molecule has 2 aromatic heterocycles. The summed E-state index contributed by atoms with van der Waals surface area (Å²) in [6.07, 6.45) is 6.24. The van der Waals surface area contributed by atoms with Crippen LogP contribution >= 0.6 is 0 Å². The molecule has 1 aliphatic heterocycles. The summed E-state index contributed by atoms with van der Waals surface area (Å²) in [5, 5.41) is 4.58. The summed E-state index contributed by atoms with van der Waals surface area (Å²) >= 11 is 0. The maximum Gasteiger partial charge on any atom is 0.261 e. The van der Waals surface area contributed by atoms with Gasteiger partial charge in [0.15, 0.2) is 0 Å². The van der Waals surface area contributed by atoms with Crippen molar-refractivity contribution >= 4 is 16.8 Å². The van der Waals surface area contributed by atoms with Gasteiger partial charge in [-0.15, -0.1) is 0 Å². The number of aromatic nitrogens is 5. The third-order valence-electron chi connectivity index (χ3n) is 4.60. The normalized spacial score (nSPS) is 17.8. The summed E-state index contributed by atoms with van der Waals surface area (Å²) in [5.74, 6) is -0.0167. The van der Waals surface area contributed by atoms with Crippen molar-refractivity contribution in [3.63, 3.8) is 0 Å². The van der Waals surface area contributed by atoms with Crippen LogP contribution in [0.15, 0.2) is 48.0 Å². The molecule has 0 saturated carbocycles. The van der Waals surface area contributed by atoms with E-state index >= 15 is 0 Å². The highest BCUT2D eigenvalue weighted by Gasteiger charge is 2.26. The molecule has 0 unspecified atom stereocenters. The second kappa shape index (κ2) is 6.46. The molecular formula is C17H18N6O2. The number of piperidine rings is 1. The van der Waals surface area contributed by atoms with Gasteiger partial charge in [-0.05, 0) is 25.0 Å². The first-order chi connectivity index (χ1) is 12.2. The summed E-state index contributed by atoms with van der Waals surface area (Å²) in [6.45, 7) is 1.37. The molecule has 1 amide bonds. The maximum absolute atomic E-state index is 12.8. The maximum atomic E-state index is 12.8. The van der Waals surface area contributed by atoms with Gasteiger partial charge in [-0.1, -0.05) is 12.1 Å². The summed E-state index contributed by atoms with van der Waals surface area (Å²) in [4.78, 5) is 35.3. The van der Waals surface area contributed by atoms with Crippen LogP contribution in [0.2, 0.25) is 0 Å². The molecule has 3 aromatic rings. The molecule has 1 atom stereocenters. The van der Waals surface area contributed by atoms with E-state index in [1.807, 2.05) is 18.2 Å². The lowest BCUT2D eigenvalue weighted by atomic mass is 10.1. The van der Waals surface area contributed by atoms with Crippen molar-refractivity contribution in [3.8, 4) is 0 Å². The fourth-order valence-corrected chi connectivity index (χ4v) is 3.30. The van der Waals surface area contributed by atoms with Crippen molar-refractivity contribution in [2.45, 2.75) is 25.4 Å². The van der Waals surface area contributed by atoms with E-state index in [1.165, 1.54) is 17.3 Å². The van der Waals surface area contributed by atoms with E-state index in [0.29, 0.717) is 24.0 Å². The lowest BCUT2D eigenvalue weighted by Crippen LogP contribution is -2.44. The molecule has 1 saturated heterocycles. The van der Waals surface area contributed by atoms with Crippen LogP contribution in [0.25, 0.3) is 10.9 Å². The molecule has 25 heavy (non-hydrogen) atoms. The molecule has 8 nitrogen and oxygen atoms in total. The monoisotopic (exact) mass is 338 g/mol. The zero-order valence-corrected chi connectivity index (χ0v) is 13.7. The Kier molecular flexibility index (Phi) is 4.01. The van der Waals surface area contributed by atoms with E-state index in [9.17, 15) is 9.59 Å². The first-order valence-corrected chi connectivity index (χ1v) is 8.28. The minimum absolute atomic E-state index is 0.0167. The number of rotatable bonds is 3. The van der Waals surface area contributed by atoms with Crippen molar-refractivity contribution in [2.24, 2.45) is 0 Å². The van der Waals surface area contributed by atoms with Gasteiger partial charge in [0, 0.05) is 13.1 Å². The zero-order chi connectivity index (χ0) is 17.2. The average Bonchev–Trinajstić information content (AvgIpc) is 3.15. The number of para-hydroxylation sites is 1. The molecule has 8 heteroatoms. The first-order valence-electron chi connectivity index (χ1n) is 8.28. The third-order valence-corrected chi connectivity index (χ3v) is 4.60. The fraction of sp³-hybridized carbons (Fsp3) is 0.353. The Hall–Kier alpha value is -3.03. The Labute approximate surface area is 143 Å². The first kappa shape index (κ1) is 15.5. The molecule has 1 aliphatic rings. The van der Waals surface area contributed by atoms with Gasteiger partial charge >= 0.3 is 0 Å². The third kappa shape index (κ3) is 3.02. The molecule has 0 spiro atoms. The van der Waals surface area contributed by atoms with Gasteiger partial charge < -0.3 is 4.90 Å². The SMILES string of the molecule is O=C(Cn1cncn1)N1CCC[C@H](n2cnc3ccccc3c2=O)C1. The van der Waals surface area contributed by atoms with E-state index in [-0.39, 0.29) is 24.1 Å². The predicted octanol–water partition coefficient (Wildman–Crippen LogP) is 0.852. The number of carbonyl (C=O) groups excluding carboxylic acids is 1. The number of amides is 1. The lowest BCUT2D eigenvalue weighted by molar-refractivity contribution is -0.133. The van der Waals surface area contributed by atoms with Gasteiger partial charge in [0.05, 0.1) is 23.3 Å². The molecule has 0 bridgehead atoms. The van der Waals surface area contributed by atoms with Crippen molar-refractivity contribution < 1.29 is 4.79 Å². The van der Waals surface area contributed by atoms with Crippen LogP contribution in [0.5, 0.6) is 0 Å². The van der Waals surface area contributed by atoms with E-state index in [0.717, 1.165) is 12.8 Å². The number of fused-ring (bicyclic) bond motifs is 1. The topological polar surface area (TPSA) is 85.9 Å². The number of hydrogen-bond donors (Lipinski definition) is 0. The van der Waals surface area contributed by atoms with Gasteiger partial charge in [0.25, 0.3) is 5.56 Å². The van der Waals surface area contributed by atoms with E-state index in [2.05, 4.69) is 15.1 Å². The summed E-state index contributed by atoms with van der Waals surface area (Å²) < 4.78 is 3.17. The van der Waals surface area contributed by atoms with Crippen LogP contribution in [0.4, 0.5) is 0 Å². The highest BCUT2D eigenvalue weighted by Crippen LogP contribution is 2.21. The van der Waals surface area contributed by atoms with E-state index in [4.69, 9.17) is 0 Å². The van der Waals surface area contributed by atoms with Gasteiger partial charge in [-0.25, -0.2) is 14.6 Å². The Morgan fingerprint density at radius 2 is 2.12 bits per heavy atom. The summed E-state index contributed by atoms with van der Waals surface area (Å²) in [5.41, 5.74) is 0.639. The van der Waals surface area contributed by atoms with Crippen molar-refractivity contribution in [1.82, 2.24) is 29.2 Å². The minimum Gasteiger partial charge on any atom is -0.339 e. The van der Waals surface area contributed by atoms with Crippen LogP contribution in [-0.4, -0.2) is 48.2 Å². The molecule has 4 rings (SSSR count). The van der Waals surface area contributed by atoms with Gasteiger partial charge in [0.2, 0.25) is 5.91 Å². The smallest absolute Gasteiger partial charge is 0.261 e. The van der Waals surface area contributed by atoms with Crippen LogP contribution in [0.1, 0.15) is 18.9 Å². The number of benzene rings is 1. The van der Waals surface area contributed by atoms with Gasteiger partial charge in [-0.2, -0.15) is 5.10 Å². The molecule has 1 aromatic carbocycles. The zero-order valence-electron chi connectivity index (χ0n) is 13.7. The van der Waals surface area contributed by atoms with Crippen molar-refractivity contribution in [3.05, 3.63) is 53.6 Å². The molecular weight excluding hydrogens is 320 g/mol. The van der Waals surface area contributed by atoms with Gasteiger partial charge in [0.1, 0.15) is 19.2 Å². The standard InChI is InChI=1S/C17H18N6O2/c24-16(9-22-11-18-10-20-22)21-7-3-4-13(8-21)23-12-19-15-6-2-1-5-14(15)17(23)25/h1-2,5-6,10-13H,3-4,7-9H2/t13-/m0/s1. The van der Waals surface area contributed by atoms with E-state index < -0.39 is 0 Å². The Morgan fingerprint density at radius 3 is 2.96 bits per heavy atom. The van der Waals surface area contributed by atoms with Gasteiger partial charge in [-0.3, -0.25) is 14.2 Å². The largest absolute Gasteiger partial charge is 0.339 e. The number of likely N-dealkylation sites (tertiary alicyclic amines) is 1. The predicted molar refractivity (Wildman–Crippen MR) is 90.9 cm³/mol. The number of nitrogens with zero attached hydrogens (tertiary/aromatic N) is 6. The lowest BCUT2D eigenvalue weighted by Gasteiger charge is -2.33. The second-order valence-electron chi connectivity index (χ2n) is 6.20. The molecule has 1 fully saturated rings. The van der Waals surface area contributed by atoms with Crippen LogP contribution in [0, 0.1) is 0 Å². The minimum atomic E-state index is -0.0574. The Morgan fingerprint density at radius 1 is 1.24 bits per heavy atom. The highest BCUT2D eigenvalue weighted by molar-refractivity contribution is 5.77. The molecule has 0 aliphatic carbocycles. The van der Waals surface area contributed by atoms with E-state index in [1.54, 1.807) is 21.9 Å². The molecule has 3 heterocycles. The van der Waals surface area contributed by atoms with Crippen molar-refractivity contribution in [1.29, 1.82) is 0 Å². The fourth-order valence-electron chi connectivity index (χ4n) is 3.30. The average molecular weight is 338 g/mol. The summed E-state index contributed by atoms with van der Waals surface area (Å²) in [7, 11) is 0.